The first-order valence-corrected chi connectivity index (χ1v) is 10.1. The zero-order valence-corrected chi connectivity index (χ0v) is 15.9. The van der Waals surface area contributed by atoms with Crippen molar-refractivity contribution in [3.63, 3.8) is 0 Å². The fraction of sp³-hybridized carbons (Fsp3) is 0.273. The summed E-state index contributed by atoms with van der Waals surface area (Å²) in [5.41, 5.74) is 5.96. The number of aryl methyl sites for hydroxylation is 1. The van der Waals surface area contributed by atoms with Crippen molar-refractivity contribution >= 4 is 17.0 Å². The Morgan fingerprint density at radius 1 is 0.846 bits per heavy atom. The Balaban J connectivity index is 1.84. The Morgan fingerprint density at radius 3 is 2.31 bits per heavy atom. The average Bonchev–Trinajstić information content (AvgIpc) is 3.12. The standard InChI is InChI=1S/C22H23N3S/c1-17-12-14-20(15-13-17)25-21(18-8-4-2-5-9-18)16-26-22(25)24-23-19-10-6-3-7-11-19/h2,4-5,8-9,12-16H,3,6-7,10-11H2,1H3/b24-22-. The lowest BCUT2D eigenvalue weighted by molar-refractivity contribution is 0.663. The minimum Gasteiger partial charge on any atom is -0.284 e. The van der Waals surface area contributed by atoms with Gasteiger partial charge in [0.05, 0.1) is 5.69 Å². The number of nitrogens with zero attached hydrogens (tertiary/aromatic N) is 3. The minimum atomic E-state index is 0.922. The van der Waals surface area contributed by atoms with Crippen LogP contribution in [0.1, 0.15) is 37.7 Å². The lowest BCUT2D eigenvalue weighted by Crippen LogP contribution is -2.14. The molecular weight excluding hydrogens is 338 g/mol. The van der Waals surface area contributed by atoms with Crippen molar-refractivity contribution in [1.82, 2.24) is 4.57 Å². The molecule has 0 spiro atoms. The second-order valence-electron chi connectivity index (χ2n) is 6.77. The molecule has 0 atom stereocenters. The van der Waals surface area contributed by atoms with E-state index in [4.69, 9.17) is 0 Å². The molecule has 2 aromatic carbocycles. The molecule has 1 saturated carbocycles. The molecular formula is C22H23N3S. The summed E-state index contributed by atoms with van der Waals surface area (Å²) < 4.78 is 2.21. The molecule has 0 amide bonds. The van der Waals surface area contributed by atoms with Crippen LogP contribution in [0.4, 0.5) is 0 Å². The van der Waals surface area contributed by atoms with Gasteiger partial charge in [-0.1, -0.05) is 54.4 Å². The molecule has 0 saturated heterocycles. The smallest absolute Gasteiger partial charge is 0.215 e. The summed E-state index contributed by atoms with van der Waals surface area (Å²) in [6.45, 7) is 2.11. The predicted molar refractivity (Wildman–Crippen MR) is 110 cm³/mol. The van der Waals surface area contributed by atoms with Crippen molar-refractivity contribution in [2.24, 2.45) is 10.2 Å². The van der Waals surface area contributed by atoms with Gasteiger partial charge in [-0.15, -0.1) is 16.4 Å². The zero-order valence-electron chi connectivity index (χ0n) is 15.1. The largest absolute Gasteiger partial charge is 0.284 e. The van der Waals surface area contributed by atoms with Crippen LogP contribution in [0.15, 0.2) is 70.2 Å². The summed E-state index contributed by atoms with van der Waals surface area (Å²) >= 11 is 1.65. The third-order valence-electron chi connectivity index (χ3n) is 4.78. The summed E-state index contributed by atoms with van der Waals surface area (Å²) in [6.07, 6.45) is 5.98. The molecule has 4 rings (SSSR count). The van der Waals surface area contributed by atoms with Crippen LogP contribution in [-0.4, -0.2) is 10.3 Å². The Labute approximate surface area is 158 Å². The molecule has 1 aliphatic rings. The monoisotopic (exact) mass is 361 g/mol. The summed E-state index contributed by atoms with van der Waals surface area (Å²) in [6, 6.07) is 19.1. The highest BCUT2D eigenvalue weighted by Gasteiger charge is 2.11. The number of aromatic nitrogens is 1. The van der Waals surface area contributed by atoms with Crippen molar-refractivity contribution in [2.45, 2.75) is 39.0 Å². The molecule has 1 fully saturated rings. The van der Waals surface area contributed by atoms with E-state index in [0.717, 1.165) is 29.0 Å². The molecule has 26 heavy (non-hydrogen) atoms. The molecule has 1 heterocycles. The molecule has 0 unspecified atom stereocenters. The lowest BCUT2D eigenvalue weighted by atomic mass is 9.99. The highest BCUT2D eigenvalue weighted by molar-refractivity contribution is 7.07. The van der Waals surface area contributed by atoms with E-state index in [-0.39, 0.29) is 0 Å². The van der Waals surface area contributed by atoms with Gasteiger partial charge in [0.2, 0.25) is 4.80 Å². The van der Waals surface area contributed by atoms with Crippen LogP contribution < -0.4 is 4.80 Å². The first-order valence-electron chi connectivity index (χ1n) is 9.24. The Hall–Kier alpha value is -2.46. The number of hydrogen-bond donors (Lipinski definition) is 0. The number of rotatable bonds is 3. The van der Waals surface area contributed by atoms with E-state index in [1.807, 2.05) is 6.07 Å². The zero-order chi connectivity index (χ0) is 17.8. The molecule has 0 radical (unpaired) electrons. The maximum absolute atomic E-state index is 4.64. The van der Waals surface area contributed by atoms with Crippen LogP contribution in [0.5, 0.6) is 0 Å². The van der Waals surface area contributed by atoms with E-state index in [1.54, 1.807) is 11.3 Å². The van der Waals surface area contributed by atoms with E-state index < -0.39 is 0 Å². The number of hydrogen-bond acceptors (Lipinski definition) is 3. The van der Waals surface area contributed by atoms with Crippen LogP contribution in [0.2, 0.25) is 0 Å². The second-order valence-corrected chi connectivity index (χ2v) is 7.60. The van der Waals surface area contributed by atoms with Crippen molar-refractivity contribution in [1.29, 1.82) is 0 Å². The van der Waals surface area contributed by atoms with Crippen LogP contribution in [0.3, 0.4) is 0 Å². The van der Waals surface area contributed by atoms with E-state index >= 15 is 0 Å². The highest BCUT2D eigenvalue weighted by atomic mass is 32.1. The van der Waals surface area contributed by atoms with Gasteiger partial charge in [-0.05, 0) is 50.3 Å². The average molecular weight is 362 g/mol. The van der Waals surface area contributed by atoms with Crippen LogP contribution in [0, 0.1) is 6.92 Å². The minimum absolute atomic E-state index is 0.922. The highest BCUT2D eigenvalue weighted by Crippen LogP contribution is 2.23. The van der Waals surface area contributed by atoms with E-state index in [1.165, 1.54) is 36.1 Å². The van der Waals surface area contributed by atoms with Crippen molar-refractivity contribution in [3.8, 4) is 16.9 Å². The summed E-state index contributed by atoms with van der Waals surface area (Å²) in [7, 11) is 0. The summed E-state index contributed by atoms with van der Waals surface area (Å²) in [5, 5.41) is 11.4. The Morgan fingerprint density at radius 2 is 1.58 bits per heavy atom. The van der Waals surface area contributed by atoms with Gasteiger partial charge in [-0.3, -0.25) is 4.57 Å². The third-order valence-corrected chi connectivity index (χ3v) is 5.59. The van der Waals surface area contributed by atoms with Gasteiger partial charge in [0.1, 0.15) is 0 Å². The number of thiazole rings is 1. The van der Waals surface area contributed by atoms with Crippen LogP contribution in [0.25, 0.3) is 16.9 Å². The topological polar surface area (TPSA) is 29.6 Å². The van der Waals surface area contributed by atoms with Gasteiger partial charge in [-0.2, -0.15) is 5.10 Å². The molecule has 4 heteroatoms. The first-order chi connectivity index (χ1) is 12.8. The number of benzene rings is 2. The molecule has 3 nitrogen and oxygen atoms in total. The van der Waals surface area contributed by atoms with Crippen LogP contribution >= 0.6 is 11.3 Å². The SMILES string of the molecule is Cc1ccc(-n2c(-c3ccccc3)cs/c2=N\N=C2CCCCC2)cc1. The van der Waals surface area contributed by atoms with Gasteiger partial charge in [0.15, 0.2) is 0 Å². The molecule has 0 aliphatic heterocycles. The fourth-order valence-electron chi connectivity index (χ4n) is 3.31. The normalized spacial score (nSPS) is 15.3. The first kappa shape index (κ1) is 17.0. The van der Waals surface area contributed by atoms with Gasteiger partial charge in [0, 0.05) is 16.8 Å². The van der Waals surface area contributed by atoms with E-state index in [0.29, 0.717) is 0 Å². The third kappa shape index (κ3) is 3.70. The van der Waals surface area contributed by atoms with E-state index in [2.05, 4.69) is 75.6 Å². The lowest BCUT2D eigenvalue weighted by Gasteiger charge is -2.11. The molecule has 0 N–H and O–H groups in total. The van der Waals surface area contributed by atoms with Crippen molar-refractivity contribution in [2.75, 3.05) is 0 Å². The van der Waals surface area contributed by atoms with E-state index in [9.17, 15) is 0 Å². The quantitative estimate of drug-likeness (QED) is 0.533. The Bertz CT molecular complexity index is 955. The second kappa shape index (κ2) is 7.83. The molecule has 1 aliphatic carbocycles. The van der Waals surface area contributed by atoms with Crippen LogP contribution in [-0.2, 0) is 0 Å². The van der Waals surface area contributed by atoms with Crippen molar-refractivity contribution < 1.29 is 0 Å². The molecule has 132 valence electrons. The molecule has 1 aromatic heterocycles. The maximum atomic E-state index is 4.64. The van der Waals surface area contributed by atoms with Crippen molar-refractivity contribution in [3.05, 3.63) is 70.3 Å². The van der Waals surface area contributed by atoms with Gasteiger partial charge in [-0.25, -0.2) is 0 Å². The van der Waals surface area contributed by atoms with Gasteiger partial charge in [0.25, 0.3) is 0 Å². The fourth-order valence-corrected chi connectivity index (χ4v) is 4.16. The molecule has 0 bridgehead atoms. The predicted octanol–water partition coefficient (Wildman–Crippen LogP) is 5.74. The van der Waals surface area contributed by atoms with Gasteiger partial charge >= 0.3 is 0 Å². The summed E-state index contributed by atoms with van der Waals surface area (Å²) in [4.78, 5) is 0.922. The maximum Gasteiger partial charge on any atom is 0.215 e. The van der Waals surface area contributed by atoms with Gasteiger partial charge < -0.3 is 0 Å². The summed E-state index contributed by atoms with van der Waals surface area (Å²) in [5.74, 6) is 0. The molecule has 3 aromatic rings. The Kier molecular flexibility index (Phi) is 5.12.